The maximum atomic E-state index is 11.1. The largest absolute Gasteiger partial charge is 0.417 e. The summed E-state index contributed by atoms with van der Waals surface area (Å²) in [6.07, 6.45) is 2.04. The first kappa shape index (κ1) is 22.1. The summed E-state index contributed by atoms with van der Waals surface area (Å²) in [5, 5.41) is 14.5. The van der Waals surface area contributed by atoms with E-state index in [-0.39, 0.29) is 15.6 Å². The summed E-state index contributed by atoms with van der Waals surface area (Å²) in [7, 11) is -1.67. The molecule has 0 radical (unpaired) electrons. The van der Waals surface area contributed by atoms with Crippen LogP contribution in [0, 0.1) is 16.0 Å². The zero-order valence-corrected chi connectivity index (χ0v) is 18.8. The Labute approximate surface area is 160 Å². The number of nitro groups is 1. The fourth-order valence-corrected chi connectivity index (χ4v) is 3.62. The maximum Gasteiger partial charge on any atom is 0.292 e. The van der Waals surface area contributed by atoms with Crippen LogP contribution in [-0.4, -0.2) is 26.4 Å². The molecule has 0 aliphatic heterocycles. The first-order chi connectivity index (χ1) is 11.4. The van der Waals surface area contributed by atoms with Crippen molar-refractivity contribution in [3.63, 3.8) is 0 Å². The van der Waals surface area contributed by atoms with Crippen molar-refractivity contribution in [2.45, 2.75) is 58.7 Å². The topological polar surface area (TPSA) is 64.4 Å². The number of benzene rings is 1. The van der Waals surface area contributed by atoms with Crippen LogP contribution in [0.15, 0.2) is 22.7 Å². The molecule has 0 amide bonds. The highest BCUT2D eigenvalue weighted by molar-refractivity contribution is 9.10. The minimum atomic E-state index is -1.67. The van der Waals surface area contributed by atoms with Crippen LogP contribution in [0.25, 0.3) is 0 Å². The first-order valence-corrected chi connectivity index (χ1v) is 12.5. The second kappa shape index (κ2) is 9.14. The molecule has 0 aromatic heterocycles. The Morgan fingerprint density at radius 2 is 2.00 bits per heavy atom. The third-order valence-corrected chi connectivity index (χ3v) is 9.94. The molecule has 0 fully saturated rings. The molecule has 25 heavy (non-hydrogen) atoms. The molecule has 0 spiro atoms. The van der Waals surface area contributed by atoms with Gasteiger partial charge >= 0.3 is 0 Å². The maximum absolute atomic E-state index is 11.1. The van der Waals surface area contributed by atoms with Crippen molar-refractivity contribution in [3.8, 4) is 0 Å². The van der Waals surface area contributed by atoms with Crippen LogP contribution in [-0.2, 0) is 4.43 Å². The van der Waals surface area contributed by atoms with Gasteiger partial charge in [0.2, 0.25) is 0 Å². The van der Waals surface area contributed by atoms with Gasteiger partial charge in [0.25, 0.3) is 5.69 Å². The molecule has 142 valence electrons. The van der Waals surface area contributed by atoms with E-state index in [1.54, 1.807) is 12.1 Å². The standard InChI is InChI=1S/C18H31BrN2O3Si/c1-14(8-7-11-24-25(5,6)18(2,3)4)13-20-16-12-15(19)9-10-17(16)21(22)23/h9-10,12,14,20H,7-8,11,13H2,1-6H3/t14-/m1/s1. The molecule has 0 unspecified atom stereocenters. The minimum absolute atomic E-state index is 0.108. The summed E-state index contributed by atoms with van der Waals surface area (Å²) in [6.45, 7) is 14.9. The highest BCUT2D eigenvalue weighted by Crippen LogP contribution is 2.36. The van der Waals surface area contributed by atoms with Gasteiger partial charge in [-0.15, -0.1) is 0 Å². The van der Waals surface area contributed by atoms with E-state index in [9.17, 15) is 10.1 Å². The quantitative estimate of drug-likeness (QED) is 0.219. The second-order valence-electron chi connectivity index (χ2n) is 8.16. The molecule has 0 aliphatic rings. The van der Waals surface area contributed by atoms with Gasteiger partial charge in [0.05, 0.1) is 4.92 Å². The Bertz CT molecular complexity index is 588. The number of nitrogens with one attached hydrogen (secondary N) is 1. The zero-order chi connectivity index (χ0) is 19.3. The van der Waals surface area contributed by atoms with E-state index < -0.39 is 8.32 Å². The van der Waals surface area contributed by atoms with Crippen LogP contribution < -0.4 is 5.32 Å². The van der Waals surface area contributed by atoms with Crippen molar-refractivity contribution in [3.05, 3.63) is 32.8 Å². The smallest absolute Gasteiger partial charge is 0.292 e. The van der Waals surface area contributed by atoms with E-state index in [0.717, 1.165) is 23.9 Å². The lowest BCUT2D eigenvalue weighted by atomic mass is 10.1. The van der Waals surface area contributed by atoms with Crippen LogP contribution >= 0.6 is 15.9 Å². The van der Waals surface area contributed by atoms with E-state index in [4.69, 9.17) is 4.43 Å². The van der Waals surface area contributed by atoms with Crippen molar-refractivity contribution in [1.29, 1.82) is 0 Å². The summed E-state index contributed by atoms with van der Waals surface area (Å²) in [5.74, 6) is 0.418. The Morgan fingerprint density at radius 1 is 1.36 bits per heavy atom. The van der Waals surface area contributed by atoms with Crippen LogP contribution in [0.4, 0.5) is 11.4 Å². The van der Waals surface area contributed by atoms with Crippen molar-refractivity contribution in [2.24, 2.45) is 5.92 Å². The van der Waals surface area contributed by atoms with Gasteiger partial charge in [-0.3, -0.25) is 10.1 Å². The van der Waals surface area contributed by atoms with E-state index >= 15 is 0 Å². The average Bonchev–Trinajstić information content (AvgIpc) is 2.48. The number of anilines is 1. The normalized spacial score (nSPS) is 13.6. The predicted molar refractivity (Wildman–Crippen MR) is 111 cm³/mol. The number of nitrogens with zero attached hydrogens (tertiary/aromatic N) is 1. The summed E-state index contributed by atoms with van der Waals surface area (Å²) < 4.78 is 7.03. The Morgan fingerprint density at radius 3 is 2.56 bits per heavy atom. The average molecular weight is 431 g/mol. The number of hydrogen-bond acceptors (Lipinski definition) is 4. The van der Waals surface area contributed by atoms with Gasteiger partial charge in [0.1, 0.15) is 5.69 Å². The third kappa shape index (κ3) is 7.07. The summed E-state index contributed by atoms with van der Waals surface area (Å²) in [6, 6.07) is 4.96. The fraction of sp³-hybridized carbons (Fsp3) is 0.667. The van der Waals surface area contributed by atoms with Gasteiger partial charge in [0.15, 0.2) is 8.32 Å². The van der Waals surface area contributed by atoms with Gasteiger partial charge in [-0.1, -0.05) is 43.6 Å². The molecule has 0 bridgehead atoms. The van der Waals surface area contributed by atoms with Crippen molar-refractivity contribution >= 4 is 35.6 Å². The van der Waals surface area contributed by atoms with Crippen LogP contribution in [0.3, 0.4) is 0 Å². The highest BCUT2D eigenvalue weighted by Gasteiger charge is 2.36. The monoisotopic (exact) mass is 430 g/mol. The van der Waals surface area contributed by atoms with Crippen LogP contribution in [0.5, 0.6) is 0 Å². The molecule has 0 heterocycles. The molecule has 1 aromatic rings. The molecular weight excluding hydrogens is 400 g/mol. The Balaban J connectivity index is 2.43. The van der Waals surface area contributed by atoms with Gasteiger partial charge in [-0.2, -0.15) is 0 Å². The molecule has 1 rings (SSSR count). The number of nitro benzene ring substituents is 1. The van der Waals surface area contributed by atoms with Gasteiger partial charge < -0.3 is 9.74 Å². The molecule has 7 heteroatoms. The molecule has 5 nitrogen and oxygen atoms in total. The minimum Gasteiger partial charge on any atom is -0.417 e. The molecule has 1 aromatic carbocycles. The van der Waals surface area contributed by atoms with Crippen molar-refractivity contribution < 1.29 is 9.35 Å². The lowest BCUT2D eigenvalue weighted by molar-refractivity contribution is -0.384. The van der Waals surface area contributed by atoms with Crippen LogP contribution in [0.2, 0.25) is 18.1 Å². The molecule has 0 saturated carbocycles. The zero-order valence-electron chi connectivity index (χ0n) is 16.2. The van der Waals surface area contributed by atoms with Crippen molar-refractivity contribution in [1.82, 2.24) is 0 Å². The van der Waals surface area contributed by atoms with Crippen molar-refractivity contribution in [2.75, 3.05) is 18.5 Å². The Kier molecular flexibility index (Phi) is 8.09. The molecule has 0 aliphatic carbocycles. The van der Waals surface area contributed by atoms with Gasteiger partial charge in [-0.05, 0) is 49.0 Å². The summed E-state index contributed by atoms with van der Waals surface area (Å²) >= 11 is 3.36. The summed E-state index contributed by atoms with van der Waals surface area (Å²) in [4.78, 5) is 10.7. The first-order valence-electron chi connectivity index (χ1n) is 8.76. The predicted octanol–water partition coefficient (Wildman–Crippen LogP) is 6.21. The molecule has 1 atom stereocenters. The lowest BCUT2D eigenvalue weighted by Crippen LogP contribution is -2.41. The second-order valence-corrected chi connectivity index (χ2v) is 13.9. The van der Waals surface area contributed by atoms with E-state index in [0.29, 0.717) is 18.2 Å². The van der Waals surface area contributed by atoms with Gasteiger partial charge in [-0.25, -0.2) is 0 Å². The number of hydrogen-bond donors (Lipinski definition) is 1. The fourth-order valence-electron chi connectivity index (χ4n) is 2.17. The highest BCUT2D eigenvalue weighted by atomic mass is 79.9. The van der Waals surface area contributed by atoms with E-state index in [1.165, 1.54) is 6.07 Å². The molecule has 0 saturated heterocycles. The Hall–Kier alpha value is -0.923. The number of rotatable bonds is 9. The lowest BCUT2D eigenvalue weighted by Gasteiger charge is -2.36. The summed E-state index contributed by atoms with van der Waals surface area (Å²) in [5.41, 5.74) is 0.667. The van der Waals surface area contributed by atoms with Crippen LogP contribution in [0.1, 0.15) is 40.5 Å². The molecular formula is C18H31BrN2O3Si. The van der Waals surface area contributed by atoms with E-state index in [2.05, 4.69) is 62.0 Å². The number of halogens is 1. The third-order valence-electron chi connectivity index (χ3n) is 4.91. The molecule has 1 N–H and O–H groups in total. The van der Waals surface area contributed by atoms with Gasteiger partial charge in [0, 0.05) is 23.7 Å². The van der Waals surface area contributed by atoms with E-state index in [1.807, 2.05) is 0 Å². The SMILES string of the molecule is C[C@H](CCCO[Si](C)(C)C(C)(C)C)CNc1cc(Br)ccc1[N+](=O)[O-].